The maximum atomic E-state index is 12.2. The van der Waals surface area contributed by atoms with Crippen LogP contribution in [0.1, 0.15) is 27.3 Å². The summed E-state index contributed by atoms with van der Waals surface area (Å²) in [5.74, 6) is -0.300. The Labute approximate surface area is 129 Å². The fourth-order valence-corrected chi connectivity index (χ4v) is 2.49. The molecule has 0 amide bonds. The van der Waals surface area contributed by atoms with E-state index in [-0.39, 0.29) is 23.7 Å². The maximum Gasteiger partial charge on any atom is 0.205 e. The largest absolute Gasteiger partial charge is 0.453 e. The zero-order valence-electron chi connectivity index (χ0n) is 11.0. The molecule has 0 aliphatic heterocycles. The molecule has 0 N–H and O–H groups in total. The topological polar surface area (TPSA) is 47.3 Å². The van der Waals surface area contributed by atoms with Crippen molar-refractivity contribution in [1.29, 1.82) is 0 Å². The van der Waals surface area contributed by atoms with Crippen molar-refractivity contribution in [2.75, 3.05) is 0 Å². The molecule has 3 aromatic rings. The lowest BCUT2D eigenvalue weighted by molar-refractivity contribution is 0.0879. The lowest BCUT2D eigenvalue weighted by Gasteiger charge is -1.98. The third-order valence-electron chi connectivity index (χ3n) is 3.17. The Morgan fingerprint density at radius 3 is 2.48 bits per heavy atom. The summed E-state index contributed by atoms with van der Waals surface area (Å²) in [7, 11) is 0. The van der Waals surface area contributed by atoms with Crippen LogP contribution in [0.15, 0.2) is 63.5 Å². The van der Waals surface area contributed by atoms with Gasteiger partial charge in [0.25, 0.3) is 0 Å². The number of carbonyl (C=O) groups is 2. The first-order chi connectivity index (χ1) is 10.1. The van der Waals surface area contributed by atoms with E-state index in [0.717, 1.165) is 9.86 Å². The Balaban J connectivity index is 1.82. The van der Waals surface area contributed by atoms with Crippen molar-refractivity contribution in [3.63, 3.8) is 0 Å². The van der Waals surface area contributed by atoms with E-state index >= 15 is 0 Å². The number of hydrogen-bond acceptors (Lipinski definition) is 3. The zero-order valence-corrected chi connectivity index (χ0v) is 12.6. The number of fused-ring (bicyclic) bond motifs is 1. The first-order valence-corrected chi connectivity index (χ1v) is 7.23. The number of halogens is 1. The molecule has 0 saturated carbocycles. The lowest BCUT2D eigenvalue weighted by atomic mass is 10.1. The van der Waals surface area contributed by atoms with E-state index in [1.807, 2.05) is 18.2 Å². The van der Waals surface area contributed by atoms with Crippen LogP contribution < -0.4 is 0 Å². The Kier molecular flexibility index (Phi) is 3.71. The van der Waals surface area contributed by atoms with Crippen LogP contribution in [0.4, 0.5) is 0 Å². The molecule has 0 spiro atoms. The average molecular weight is 343 g/mol. The molecule has 104 valence electrons. The molecule has 0 fully saturated rings. The third-order valence-corrected chi connectivity index (χ3v) is 3.66. The zero-order chi connectivity index (χ0) is 14.8. The Morgan fingerprint density at radius 2 is 1.71 bits per heavy atom. The van der Waals surface area contributed by atoms with Crippen LogP contribution in [0.25, 0.3) is 11.0 Å². The molecule has 0 aliphatic rings. The van der Waals surface area contributed by atoms with Gasteiger partial charge in [-0.3, -0.25) is 9.59 Å². The first-order valence-electron chi connectivity index (χ1n) is 6.44. The van der Waals surface area contributed by atoms with Crippen molar-refractivity contribution >= 4 is 38.5 Å². The minimum atomic E-state index is -0.309. The minimum absolute atomic E-state index is 0.189. The molecular weight excluding hydrogens is 332 g/mol. The molecule has 1 heterocycles. The second-order valence-corrected chi connectivity index (χ2v) is 5.60. The summed E-state index contributed by atoms with van der Waals surface area (Å²) in [6.45, 7) is 0. The van der Waals surface area contributed by atoms with E-state index in [4.69, 9.17) is 4.42 Å². The summed E-state index contributed by atoms with van der Waals surface area (Å²) in [6.07, 6.45) is -0.189. The van der Waals surface area contributed by atoms with Crippen molar-refractivity contribution in [2.24, 2.45) is 0 Å². The Hall–Kier alpha value is -2.20. The van der Waals surface area contributed by atoms with Gasteiger partial charge in [0.1, 0.15) is 5.58 Å². The van der Waals surface area contributed by atoms with Crippen LogP contribution >= 0.6 is 15.9 Å². The molecule has 3 nitrogen and oxygen atoms in total. The maximum absolute atomic E-state index is 12.2. The van der Waals surface area contributed by atoms with Gasteiger partial charge in [0.15, 0.2) is 11.5 Å². The Morgan fingerprint density at radius 1 is 0.952 bits per heavy atom. The van der Waals surface area contributed by atoms with Gasteiger partial charge in [-0.05, 0) is 24.3 Å². The highest BCUT2D eigenvalue weighted by Crippen LogP contribution is 2.24. The molecule has 3 rings (SSSR count). The van der Waals surface area contributed by atoms with E-state index in [9.17, 15) is 9.59 Å². The number of ketones is 2. The number of Topliss-reactive ketones (excluding diaryl/α,β-unsaturated/α-hetero) is 2. The molecule has 0 unspecified atom stereocenters. The van der Waals surface area contributed by atoms with Crippen LogP contribution in [0, 0.1) is 0 Å². The van der Waals surface area contributed by atoms with E-state index in [2.05, 4.69) is 15.9 Å². The molecule has 0 atom stereocenters. The summed E-state index contributed by atoms with van der Waals surface area (Å²) in [4.78, 5) is 24.2. The highest BCUT2D eigenvalue weighted by Gasteiger charge is 2.17. The van der Waals surface area contributed by atoms with Crippen molar-refractivity contribution in [2.45, 2.75) is 6.42 Å². The van der Waals surface area contributed by atoms with Gasteiger partial charge in [-0.25, -0.2) is 0 Å². The molecule has 21 heavy (non-hydrogen) atoms. The predicted octanol–water partition coefficient (Wildman–Crippen LogP) is 4.65. The first kappa shape index (κ1) is 13.8. The van der Waals surface area contributed by atoms with Crippen molar-refractivity contribution in [3.05, 3.63) is 70.4 Å². The average Bonchev–Trinajstić information content (AvgIpc) is 2.91. The normalized spacial score (nSPS) is 10.7. The Bertz CT molecular complexity index is 818. The van der Waals surface area contributed by atoms with Crippen LogP contribution in [0.3, 0.4) is 0 Å². The van der Waals surface area contributed by atoms with Gasteiger partial charge in [0.05, 0.1) is 6.42 Å². The van der Waals surface area contributed by atoms with Crippen molar-refractivity contribution < 1.29 is 14.0 Å². The van der Waals surface area contributed by atoms with Gasteiger partial charge < -0.3 is 4.42 Å². The number of carbonyl (C=O) groups excluding carboxylic acids is 2. The van der Waals surface area contributed by atoms with E-state index in [1.54, 1.807) is 36.4 Å². The molecular formula is C17H11BrO3. The molecule has 1 aromatic heterocycles. The highest BCUT2D eigenvalue weighted by atomic mass is 79.9. The monoisotopic (exact) mass is 342 g/mol. The summed E-state index contributed by atoms with van der Waals surface area (Å²) in [5.41, 5.74) is 1.17. The number of hydrogen-bond donors (Lipinski definition) is 0. The molecule has 0 saturated heterocycles. The van der Waals surface area contributed by atoms with Gasteiger partial charge in [0, 0.05) is 15.4 Å². The van der Waals surface area contributed by atoms with Crippen molar-refractivity contribution in [1.82, 2.24) is 0 Å². The summed E-state index contributed by atoms with van der Waals surface area (Å²) < 4.78 is 6.41. The third kappa shape index (κ3) is 2.95. The summed E-state index contributed by atoms with van der Waals surface area (Å²) >= 11 is 3.37. The smallest absolute Gasteiger partial charge is 0.205 e. The van der Waals surface area contributed by atoms with Crippen LogP contribution in [-0.4, -0.2) is 11.6 Å². The molecule has 4 heteroatoms. The predicted molar refractivity (Wildman–Crippen MR) is 83.6 cm³/mol. The molecule has 2 aromatic carbocycles. The molecule has 0 bridgehead atoms. The van der Waals surface area contributed by atoms with Gasteiger partial charge in [0.2, 0.25) is 5.78 Å². The second-order valence-electron chi connectivity index (χ2n) is 4.68. The lowest BCUT2D eigenvalue weighted by Crippen LogP contribution is -2.07. The number of rotatable bonds is 4. The number of furan rings is 1. The summed E-state index contributed by atoms with van der Waals surface area (Å²) in [5, 5.41) is 0.833. The van der Waals surface area contributed by atoms with Crippen LogP contribution in [0.2, 0.25) is 0 Å². The summed E-state index contributed by atoms with van der Waals surface area (Å²) in [6, 6.07) is 15.9. The van der Waals surface area contributed by atoms with Gasteiger partial charge >= 0.3 is 0 Å². The molecule has 0 aliphatic carbocycles. The standard InChI is InChI=1S/C17H11BrO3/c18-13-6-7-16-12(8-13)9-17(21-16)15(20)10-14(19)11-4-2-1-3-5-11/h1-9H,10H2. The van der Waals surface area contributed by atoms with Gasteiger partial charge in [-0.2, -0.15) is 0 Å². The fraction of sp³-hybridized carbons (Fsp3) is 0.0588. The van der Waals surface area contributed by atoms with Crippen LogP contribution in [0.5, 0.6) is 0 Å². The van der Waals surface area contributed by atoms with Gasteiger partial charge in [-0.1, -0.05) is 46.3 Å². The van der Waals surface area contributed by atoms with Crippen molar-refractivity contribution in [3.8, 4) is 0 Å². The van der Waals surface area contributed by atoms with E-state index in [0.29, 0.717) is 11.1 Å². The second kappa shape index (κ2) is 5.66. The van der Waals surface area contributed by atoms with E-state index in [1.165, 1.54) is 0 Å². The van der Waals surface area contributed by atoms with Gasteiger partial charge in [-0.15, -0.1) is 0 Å². The fourth-order valence-electron chi connectivity index (χ4n) is 2.11. The highest BCUT2D eigenvalue weighted by molar-refractivity contribution is 9.10. The SMILES string of the molecule is O=C(CC(=O)c1cc2cc(Br)ccc2o1)c1ccccc1. The minimum Gasteiger partial charge on any atom is -0.453 e. The quantitative estimate of drug-likeness (QED) is 0.512. The number of benzene rings is 2. The van der Waals surface area contributed by atoms with E-state index < -0.39 is 0 Å². The molecule has 0 radical (unpaired) electrons. The van der Waals surface area contributed by atoms with Crippen LogP contribution in [-0.2, 0) is 0 Å².